The Balaban J connectivity index is -0.0000000331. The second kappa shape index (κ2) is 31.0. The first-order valence-corrected chi connectivity index (χ1v) is 4.84. The van der Waals surface area contributed by atoms with Gasteiger partial charge < -0.3 is 44.4 Å². The van der Waals surface area contributed by atoms with Crippen LogP contribution in [0.5, 0.6) is 0 Å². The molecule has 0 bridgehead atoms. The van der Waals surface area contributed by atoms with Gasteiger partial charge in [0.05, 0.1) is 0 Å². The minimum Gasteiger partial charge on any atom is -0.550 e. The molecule has 0 aliphatic heterocycles. The maximum absolute atomic E-state index is 9.44. The van der Waals surface area contributed by atoms with Crippen molar-refractivity contribution in [2.75, 3.05) is 0 Å². The molecule has 0 fully saturated rings. The summed E-state index contributed by atoms with van der Waals surface area (Å²) in [6.07, 6.45) is 0. The van der Waals surface area contributed by atoms with Crippen LogP contribution in [0.1, 0.15) is 41.5 Å². The van der Waals surface area contributed by atoms with Crippen molar-refractivity contribution >= 4 is 29.7 Å². The van der Waals surface area contributed by atoms with Crippen LogP contribution < -0.4 is 20.4 Å². The standard InChI is InChI=1S/C3H6O.4C2H4O2.Zr/c1-3(2)4;4*1-2(3)4;/h1-2H3;4*1H3,(H,3,4);/q;;;;;+4/p-4. The second-order valence-electron chi connectivity index (χ2n) is 2.87. The molecule has 0 saturated heterocycles. The van der Waals surface area contributed by atoms with Crippen LogP contribution in [0.3, 0.4) is 0 Å². The van der Waals surface area contributed by atoms with E-state index in [4.69, 9.17) is 39.6 Å². The second-order valence-corrected chi connectivity index (χ2v) is 2.87. The number of aliphatic carboxylic acids is 4. The third kappa shape index (κ3) is 2030. The van der Waals surface area contributed by atoms with Crippen LogP contribution >= 0.6 is 0 Å². The van der Waals surface area contributed by atoms with Crippen molar-refractivity contribution < 1.29 is 70.6 Å². The van der Waals surface area contributed by atoms with Gasteiger partial charge in [0.2, 0.25) is 0 Å². The summed E-state index contributed by atoms with van der Waals surface area (Å²) in [6, 6.07) is 0. The summed E-state index contributed by atoms with van der Waals surface area (Å²) in [4.78, 5) is 45.0. The molecule has 0 aliphatic carbocycles. The summed E-state index contributed by atoms with van der Waals surface area (Å²) >= 11 is 0. The van der Waals surface area contributed by atoms with Crippen LogP contribution in [0.25, 0.3) is 0 Å². The topological polar surface area (TPSA) is 178 Å². The van der Waals surface area contributed by atoms with Crippen LogP contribution in [0, 0.1) is 0 Å². The number of hydrogen-bond donors (Lipinski definition) is 0. The van der Waals surface area contributed by atoms with E-state index in [9.17, 15) is 4.79 Å². The van der Waals surface area contributed by atoms with E-state index in [1.165, 1.54) is 13.8 Å². The monoisotopic (exact) mass is 384 g/mol. The van der Waals surface area contributed by atoms with E-state index in [1.807, 2.05) is 0 Å². The Morgan fingerprint density at radius 2 is 0.476 bits per heavy atom. The normalized spacial score (nSPS) is 6.00. The van der Waals surface area contributed by atoms with Crippen LogP contribution in [0.15, 0.2) is 0 Å². The Morgan fingerprint density at radius 1 is 0.476 bits per heavy atom. The van der Waals surface area contributed by atoms with Gasteiger partial charge in [0.25, 0.3) is 0 Å². The number of Topliss-reactive ketones (excluding diaryl/α,β-unsaturated/α-hetero) is 1. The molecule has 0 atom stereocenters. The molecule has 0 amide bonds. The van der Waals surface area contributed by atoms with Gasteiger partial charge in [-0.1, -0.05) is 0 Å². The van der Waals surface area contributed by atoms with E-state index in [2.05, 4.69) is 0 Å². The van der Waals surface area contributed by atoms with Crippen molar-refractivity contribution in [2.45, 2.75) is 41.5 Å². The Bertz CT molecular complexity index is 210. The van der Waals surface area contributed by atoms with Gasteiger partial charge in [-0.05, 0) is 41.5 Å². The number of carboxylic acids is 4. The zero-order chi connectivity index (χ0) is 17.9. The molecule has 0 aliphatic rings. The zero-order valence-corrected chi connectivity index (χ0v) is 15.1. The van der Waals surface area contributed by atoms with Crippen molar-refractivity contribution in [3.8, 4) is 0 Å². The fraction of sp³-hybridized carbons (Fsp3) is 0.545. The van der Waals surface area contributed by atoms with Gasteiger partial charge in [0, 0.05) is 23.9 Å². The Hall–Kier alpha value is -1.57. The molecule has 0 aromatic rings. The van der Waals surface area contributed by atoms with Crippen molar-refractivity contribution in [1.82, 2.24) is 0 Å². The summed E-state index contributed by atoms with van der Waals surface area (Å²) in [5.74, 6) is -4.17. The Kier molecular flexibility index (Phi) is 54.1. The number of carbonyl (C=O) groups excluding carboxylic acids is 5. The molecule has 0 aromatic carbocycles. The SMILES string of the molecule is CC(=O)[O-].CC(=O)[O-].CC(=O)[O-].CC(=O)[O-].CC(C)=O.[Zr+4]. The minimum atomic E-state index is -1.08. The summed E-state index contributed by atoms with van der Waals surface area (Å²) < 4.78 is 0. The molecule has 0 saturated carbocycles. The first kappa shape index (κ1) is 36.6. The minimum absolute atomic E-state index is 0. The van der Waals surface area contributed by atoms with Gasteiger partial charge in [-0.25, -0.2) is 0 Å². The third-order valence-corrected chi connectivity index (χ3v) is 0. The quantitative estimate of drug-likeness (QED) is 0.398. The molecular formula is C11H18O9Zr. The molecule has 0 spiro atoms. The average molecular weight is 385 g/mol. The molecule has 0 N–H and O–H groups in total. The van der Waals surface area contributed by atoms with E-state index in [1.54, 1.807) is 0 Å². The molecule has 0 radical (unpaired) electrons. The Morgan fingerprint density at radius 3 is 0.476 bits per heavy atom. The van der Waals surface area contributed by atoms with Crippen molar-refractivity contribution in [3.63, 3.8) is 0 Å². The molecule has 0 heterocycles. The van der Waals surface area contributed by atoms with Gasteiger partial charge >= 0.3 is 26.2 Å². The zero-order valence-electron chi connectivity index (χ0n) is 12.7. The number of hydrogen-bond acceptors (Lipinski definition) is 9. The number of carboxylic acid groups (broad SMARTS) is 4. The Labute approximate surface area is 142 Å². The molecule has 0 rings (SSSR count). The molecule has 10 heteroatoms. The molecular weight excluding hydrogens is 367 g/mol. The fourth-order valence-electron chi connectivity index (χ4n) is 0. The summed E-state index contributed by atoms with van der Waals surface area (Å²) in [6.45, 7) is 6.94. The molecule has 21 heavy (non-hydrogen) atoms. The van der Waals surface area contributed by atoms with Gasteiger partial charge in [-0.15, -0.1) is 0 Å². The van der Waals surface area contributed by atoms with Gasteiger partial charge in [0.15, 0.2) is 0 Å². The van der Waals surface area contributed by atoms with Crippen LogP contribution in [0.2, 0.25) is 0 Å². The first-order chi connectivity index (χ1) is 8.66. The molecule has 9 nitrogen and oxygen atoms in total. The van der Waals surface area contributed by atoms with Crippen LogP contribution in [-0.4, -0.2) is 29.7 Å². The third-order valence-electron chi connectivity index (χ3n) is 0. The fourth-order valence-corrected chi connectivity index (χ4v) is 0. The summed E-state index contributed by atoms with van der Waals surface area (Å²) in [7, 11) is 0. The predicted octanol–water partition coefficient (Wildman–Crippen LogP) is -4.38. The largest absolute Gasteiger partial charge is 4.00 e. The van der Waals surface area contributed by atoms with Crippen molar-refractivity contribution in [3.05, 3.63) is 0 Å². The maximum Gasteiger partial charge on any atom is 4.00 e. The maximum atomic E-state index is 9.44. The van der Waals surface area contributed by atoms with E-state index in [0.717, 1.165) is 27.7 Å². The number of carbonyl (C=O) groups is 5. The molecule has 0 aromatic heterocycles. The van der Waals surface area contributed by atoms with E-state index in [-0.39, 0.29) is 32.0 Å². The van der Waals surface area contributed by atoms with E-state index >= 15 is 0 Å². The first-order valence-electron chi connectivity index (χ1n) is 4.84. The van der Waals surface area contributed by atoms with Crippen molar-refractivity contribution in [2.24, 2.45) is 0 Å². The van der Waals surface area contributed by atoms with Crippen LogP contribution in [-0.2, 0) is 50.2 Å². The number of ketones is 1. The molecule has 120 valence electrons. The number of rotatable bonds is 0. The van der Waals surface area contributed by atoms with Gasteiger partial charge in [-0.2, -0.15) is 0 Å². The molecule has 0 unspecified atom stereocenters. The predicted molar refractivity (Wildman–Crippen MR) is 59.1 cm³/mol. The van der Waals surface area contributed by atoms with Gasteiger partial charge in [-0.3, -0.25) is 0 Å². The van der Waals surface area contributed by atoms with Gasteiger partial charge in [0.1, 0.15) is 5.78 Å². The summed E-state index contributed by atoms with van der Waals surface area (Å²) in [5, 5.41) is 35.6. The smallest absolute Gasteiger partial charge is 0.550 e. The van der Waals surface area contributed by atoms with E-state index < -0.39 is 23.9 Å². The average Bonchev–Trinajstić information content (AvgIpc) is 1.94. The van der Waals surface area contributed by atoms with E-state index in [0.29, 0.717) is 0 Å². The van der Waals surface area contributed by atoms with Crippen LogP contribution in [0.4, 0.5) is 0 Å². The summed E-state index contributed by atoms with van der Waals surface area (Å²) in [5.41, 5.74) is 0. The van der Waals surface area contributed by atoms with Crippen molar-refractivity contribution in [1.29, 1.82) is 0 Å².